The summed E-state index contributed by atoms with van der Waals surface area (Å²) in [6.45, 7) is 8.98. The molecule has 0 aromatic heterocycles. The zero-order chi connectivity index (χ0) is 48.2. The van der Waals surface area contributed by atoms with Gasteiger partial charge >= 0.3 is 0 Å². The molecular formula is C70H50N2. The Balaban J connectivity index is 1.26. The summed E-state index contributed by atoms with van der Waals surface area (Å²) in [5.74, 6) is 0. The lowest BCUT2D eigenvalue weighted by Gasteiger charge is -2.33. The van der Waals surface area contributed by atoms with Crippen LogP contribution >= 0.6 is 0 Å². The minimum Gasteiger partial charge on any atom is -0.309 e. The molecule has 2 heteroatoms. The Morgan fingerprint density at radius 1 is 0.236 bits per heavy atom. The monoisotopic (exact) mass is 918 g/mol. The van der Waals surface area contributed by atoms with E-state index in [0.29, 0.717) is 0 Å². The van der Waals surface area contributed by atoms with Crippen molar-refractivity contribution in [2.24, 2.45) is 0 Å². The van der Waals surface area contributed by atoms with Crippen molar-refractivity contribution >= 4 is 110 Å². The highest BCUT2D eigenvalue weighted by molar-refractivity contribution is 6.46. The SMILES string of the molecule is Cc1cccc(C)c1-c1ccc2c(c1)c1cccc3c4c(N(c5ccccc5)c5ccccc5)c5c6cccc7c(-c8c(C)cccc8C)ccc(c5c(N(c5ccccc5)c5ccccc5)c4cc2c13)c76. The molecule has 0 fully saturated rings. The number of hydrogen-bond acceptors (Lipinski definition) is 2. The molecule has 14 aromatic carbocycles. The number of benzene rings is 12. The summed E-state index contributed by atoms with van der Waals surface area (Å²) in [5, 5.41) is 17.5. The zero-order valence-electron chi connectivity index (χ0n) is 40.8. The molecule has 0 amide bonds. The summed E-state index contributed by atoms with van der Waals surface area (Å²) in [6, 6.07) is 86.0. The number of rotatable bonds is 8. The largest absolute Gasteiger partial charge is 0.309 e. The highest BCUT2D eigenvalue weighted by Crippen LogP contribution is 2.59. The van der Waals surface area contributed by atoms with Gasteiger partial charge in [0.1, 0.15) is 0 Å². The number of anilines is 6. The van der Waals surface area contributed by atoms with Gasteiger partial charge in [0.05, 0.1) is 11.4 Å². The molecule has 0 radical (unpaired) electrons. The molecule has 72 heavy (non-hydrogen) atoms. The van der Waals surface area contributed by atoms with Gasteiger partial charge < -0.3 is 9.80 Å². The van der Waals surface area contributed by atoms with Crippen molar-refractivity contribution in [3.05, 3.63) is 253 Å². The lowest BCUT2D eigenvalue weighted by Crippen LogP contribution is -2.14. The van der Waals surface area contributed by atoms with Gasteiger partial charge in [-0.1, -0.05) is 170 Å². The average Bonchev–Trinajstić information content (AvgIpc) is 3.92. The van der Waals surface area contributed by atoms with Gasteiger partial charge in [0.15, 0.2) is 0 Å². The van der Waals surface area contributed by atoms with Gasteiger partial charge in [-0.05, 0) is 187 Å². The minimum atomic E-state index is 1.10. The van der Waals surface area contributed by atoms with Crippen LogP contribution in [0.25, 0.3) is 97.7 Å². The molecule has 14 aromatic rings. The first kappa shape index (κ1) is 41.9. The molecule has 0 bridgehead atoms. The first-order valence-corrected chi connectivity index (χ1v) is 25.2. The van der Waals surface area contributed by atoms with Gasteiger partial charge in [-0.2, -0.15) is 0 Å². The molecule has 0 aliphatic rings. The van der Waals surface area contributed by atoms with Crippen molar-refractivity contribution < 1.29 is 0 Å². The van der Waals surface area contributed by atoms with E-state index >= 15 is 0 Å². The van der Waals surface area contributed by atoms with Gasteiger partial charge in [0.25, 0.3) is 0 Å². The van der Waals surface area contributed by atoms with E-state index in [1.54, 1.807) is 0 Å². The van der Waals surface area contributed by atoms with Gasteiger partial charge in [0.2, 0.25) is 0 Å². The van der Waals surface area contributed by atoms with Crippen LogP contribution in [0.2, 0.25) is 0 Å². The molecule has 0 saturated heterocycles. The molecule has 0 spiro atoms. The maximum atomic E-state index is 2.56. The van der Waals surface area contributed by atoms with Crippen LogP contribution < -0.4 is 9.80 Å². The van der Waals surface area contributed by atoms with E-state index < -0.39 is 0 Å². The van der Waals surface area contributed by atoms with E-state index in [2.05, 4.69) is 268 Å². The smallest absolute Gasteiger partial charge is 0.0632 e. The van der Waals surface area contributed by atoms with Crippen LogP contribution in [0, 0.1) is 27.7 Å². The molecule has 0 N–H and O–H groups in total. The van der Waals surface area contributed by atoms with Crippen molar-refractivity contribution in [3.63, 3.8) is 0 Å². The Morgan fingerprint density at radius 2 is 0.653 bits per heavy atom. The van der Waals surface area contributed by atoms with Gasteiger partial charge in [-0.25, -0.2) is 0 Å². The maximum absolute atomic E-state index is 2.56. The average molecular weight is 919 g/mol. The number of aryl methyl sites for hydroxylation is 4. The summed E-state index contributed by atoms with van der Waals surface area (Å²) in [6.07, 6.45) is 0. The highest BCUT2D eigenvalue weighted by Gasteiger charge is 2.32. The minimum absolute atomic E-state index is 1.10. The fraction of sp³-hybridized carbons (Fsp3) is 0.0571. The molecule has 0 aliphatic carbocycles. The van der Waals surface area contributed by atoms with Crippen molar-refractivity contribution in [2.45, 2.75) is 27.7 Å². The standard InChI is InChI=1S/C70H50N2/c1-43-21-17-22-44(2)62(43)47-37-38-52-59(41-47)54-34-20-35-56-65(54)60(52)42-61-66(56)70(72(50-29-13-7-14-30-50)51-31-15-8-16-32-51)68-57-36-19-33-53-55(63-45(3)23-18-24-46(63)4)39-40-58(64(53)57)67(68)69(61)71(48-25-9-5-10-26-48)49-27-11-6-12-28-49/h5-42H,1-4H3. The summed E-state index contributed by atoms with van der Waals surface area (Å²) in [5.41, 5.74) is 17.0. The molecule has 0 aliphatic heterocycles. The van der Waals surface area contributed by atoms with Gasteiger partial charge in [0, 0.05) is 44.3 Å². The van der Waals surface area contributed by atoms with E-state index in [4.69, 9.17) is 0 Å². The van der Waals surface area contributed by atoms with Crippen molar-refractivity contribution in [1.29, 1.82) is 0 Å². The second-order valence-corrected chi connectivity index (χ2v) is 19.7. The second-order valence-electron chi connectivity index (χ2n) is 19.7. The molecule has 2 nitrogen and oxygen atoms in total. The highest BCUT2D eigenvalue weighted by atomic mass is 15.2. The first-order valence-electron chi connectivity index (χ1n) is 25.2. The van der Waals surface area contributed by atoms with Crippen molar-refractivity contribution in [1.82, 2.24) is 0 Å². The summed E-state index contributed by atoms with van der Waals surface area (Å²) >= 11 is 0. The van der Waals surface area contributed by atoms with Crippen LogP contribution in [0.5, 0.6) is 0 Å². The van der Waals surface area contributed by atoms with Gasteiger partial charge in [-0.3, -0.25) is 0 Å². The van der Waals surface area contributed by atoms with E-state index in [-0.39, 0.29) is 0 Å². The Hall–Kier alpha value is -8.98. The summed E-state index contributed by atoms with van der Waals surface area (Å²) < 4.78 is 0. The van der Waals surface area contributed by atoms with Crippen LogP contribution in [0.1, 0.15) is 22.3 Å². The molecule has 0 unspecified atom stereocenters. The number of para-hydroxylation sites is 4. The lowest BCUT2D eigenvalue weighted by atomic mass is 9.90. The molecular weight excluding hydrogens is 869 g/mol. The Labute approximate surface area is 419 Å². The number of hydrogen-bond donors (Lipinski definition) is 0. The fourth-order valence-electron chi connectivity index (χ4n) is 12.7. The molecule has 0 heterocycles. The van der Waals surface area contributed by atoms with Crippen LogP contribution in [0.4, 0.5) is 34.1 Å². The number of nitrogens with zero attached hydrogens (tertiary/aromatic N) is 2. The van der Waals surface area contributed by atoms with E-state index in [1.807, 2.05) is 0 Å². The molecule has 0 atom stereocenters. The maximum Gasteiger partial charge on any atom is 0.0632 e. The van der Waals surface area contributed by atoms with E-state index in [1.165, 1.54) is 131 Å². The topological polar surface area (TPSA) is 6.48 Å². The van der Waals surface area contributed by atoms with E-state index in [0.717, 1.165) is 22.7 Å². The summed E-state index contributed by atoms with van der Waals surface area (Å²) in [4.78, 5) is 5.09. The Bertz CT molecular complexity index is 4290. The fourth-order valence-corrected chi connectivity index (χ4v) is 12.7. The Kier molecular flexibility index (Phi) is 9.50. The predicted octanol–water partition coefficient (Wildman–Crippen LogP) is 20.1. The van der Waals surface area contributed by atoms with Crippen LogP contribution in [-0.4, -0.2) is 0 Å². The van der Waals surface area contributed by atoms with Crippen LogP contribution in [0.15, 0.2) is 231 Å². The second kappa shape index (κ2) is 16.3. The van der Waals surface area contributed by atoms with Crippen LogP contribution in [-0.2, 0) is 0 Å². The molecule has 0 saturated carbocycles. The Morgan fingerprint density at radius 3 is 1.21 bits per heavy atom. The third-order valence-electron chi connectivity index (χ3n) is 15.6. The number of fused-ring (bicyclic) bond motifs is 8. The zero-order valence-corrected chi connectivity index (χ0v) is 40.8. The third-order valence-corrected chi connectivity index (χ3v) is 15.6. The summed E-state index contributed by atoms with van der Waals surface area (Å²) in [7, 11) is 0. The molecule has 14 rings (SSSR count). The quantitative estimate of drug-likeness (QED) is 0.111. The van der Waals surface area contributed by atoms with Crippen molar-refractivity contribution in [3.8, 4) is 22.3 Å². The normalized spacial score (nSPS) is 11.9. The van der Waals surface area contributed by atoms with Crippen LogP contribution in [0.3, 0.4) is 0 Å². The molecule has 340 valence electrons. The first-order chi connectivity index (χ1) is 35.4. The van der Waals surface area contributed by atoms with E-state index in [9.17, 15) is 0 Å². The predicted molar refractivity (Wildman–Crippen MR) is 311 cm³/mol. The third kappa shape index (κ3) is 6.15. The van der Waals surface area contributed by atoms with Gasteiger partial charge in [-0.15, -0.1) is 0 Å². The van der Waals surface area contributed by atoms with Crippen molar-refractivity contribution in [2.75, 3.05) is 9.80 Å². The lowest BCUT2D eigenvalue weighted by molar-refractivity contribution is 1.30.